The zero-order valence-corrected chi connectivity index (χ0v) is 10.8. The number of carbonyl (C=O) groups excluding carboxylic acids is 1. The van der Waals surface area contributed by atoms with E-state index in [0.717, 1.165) is 24.9 Å². The van der Waals surface area contributed by atoms with Crippen LogP contribution in [0.25, 0.3) is 0 Å². The number of piperidine rings is 1. The summed E-state index contributed by atoms with van der Waals surface area (Å²) in [5, 5.41) is 3.06. The molecule has 1 aliphatic rings. The van der Waals surface area contributed by atoms with Gasteiger partial charge in [-0.1, -0.05) is 6.07 Å². The molecule has 1 saturated heterocycles. The molecule has 1 aromatic heterocycles. The molecule has 0 radical (unpaired) electrons. The number of aromatic nitrogens is 1. The predicted octanol–water partition coefficient (Wildman–Crippen LogP) is 0.801. The number of rotatable bonds is 4. The van der Waals surface area contributed by atoms with E-state index in [4.69, 9.17) is 4.74 Å². The summed E-state index contributed by atoms with van der Waals surface area (Å²) in [6, 6.07) is 3.73. The fourth-order valence-electron chi connectivity index (χ4n) is 2.21. The second-order valence-corrected chi connectivity index (χ2v) is 4.45. The van der Waals surface area contributed by atoms with Crippen molar-refractivity contribution in [3.63, 3.8) is 0 Å². The van der Waals surface area contributed by atoms with Gasteiger partial charge < -0.3 is 15.0 Å². The molecule has 1 aromatic rings. The Balaban J connectivity index is 2.01. The Morgan fingerprint density at radius 3 is 3.00 bits per heavy atom. The molecule has 0 aliphatic carbocycles. The van der Waals surface area contributed by atoms with Crippen molar-refractivity contribution < 1.29 is 9.53 Å². The summed E-state index contributed by atoms with van der Waals surface area (Å²) in [6.45, 7) is 1.44. The number of amides is 1. The van der Waals surface area contributed by atoms with Crippen LogP contribution in [0.1, 0.15) is 18.4 Å². The molecule has 18 heavy (non-hydrogen) atoms. The minimum absolute atomic E-state index is 0.0371. The van der Waals surface area contributed by atoms with Crippen LogP contribution in [0.5, 0.6) is 5.88 Å². The van der Waals surface area contributed by atoms with Crippen LogP contribution in [0.4, 0.5) is 0 Å². The minimum Gasteiger partial charge on any atom is -0.481 e. The molecule has 1 unspecified atom stereocenters. The quantitative estimate of drug-likeness (QED) is 0.857. The van der Waals surface area contributed by atoms with Crippen molar-refractivity contribution in [2.24, 2.45) is 0 Å². The Bertz CT molecular complexity index is 405. The van der Waals surface area contributed by atoms with Gasteiger partial charge >= 0.3 is 0 Å². The Morgan fingerprint density at radius 1 is 1.56 bits per heavy atom. The smallest absolute Gasteiger partial charge is 0.239 e. The molecule has 1 atom stereocenters. The normalized spacial score (nSPS) is 20.0. The topological polar surface area (TPSA) is 54.5 Å². The number of ether oxygens (including phenoxy) is 1. The monoisotopic (exact) mass is 249 g/mol. The molecule has 5 nitrogen and oxygen atoms in total. The number of likely N-dealkylation sites (N-methyl/N-ethyl adjacent to an activating group) is 1. The molecule has 0 aromatic carbocycles. The molecule has 2 heterocycles. The highest BCUT2D eigenvalue weighted by molar-refractivity contribution is 5.82. The van der Waals surface area contributed by atoms with Gasteiger partial charge in [-0.05, 0) is 25.5 Å². The average molecular weight is 249 g/mol. The van der Waals surface area contributed by atoms with E-state index < -0.39 is 0 Å². The van der Waals surface area contributed by atoms with Crippen molar-refractivity contribution in [2.45, 2.75) is 25.4 Å². The molecule has 0 saturated carbocycles. The minimum atomic E-state index is -0.0371. The molecule has 5 heteroatoms. The SMILES string of the molecule is CNC1CCCN(Cc2ccc(OC)nc2)C1=O. The fourth-order valence-corrected chi connectivity index (χ4v) is 2.21. The number of likely N-dealkylation sites (tertiary alicyclic amines) is 1. The van der Waals surface area contributed by atoms with Crippen LogP contribution in [0.3, 0.4) is 0 Å². The number of nitrogens with one attached hydrogen (secondary N) is 1. The summed E-state index contributed by atoms with van der Waals surface area (Å²) in [5.74, 6) is 0.774. The van der Waals surface area contributed by atoms with Crippen molar-refractivity contribution in [3.8, 4) is 5.88 Å². The van der Waals surface area contributed by atoms with Gasteiger partial charge in [0, 0.05) is 25.4 Å². The van der Waals surface area contributed by atoms with E-state index in [9.17, 15) is 4.79 Å². The summed E-state index contributed by atoms with van der Waals surface area (Å²) < 4.78 is 5.01. The summed E-state index contributed by atoms with van der Waals surface area (Å²) in [7, 11) is 3.43. The van der Waals surface area contributed by atoms with E-state index in [1.807, 2.05) is 24.1 Å². The first kappa shape index (κ1) is 12.8. The van der Waals surface area contributed by atoms with Crippen LogP contribution in [-0.2, 0) is 11.3 Å². The lowest BCUT2D eigenvalue weighted by molar-refractivity contribution is -0.136. The highest BCUT2D eigenvalue weighted by Gasteiger charge is 2.27. The first-order valence-corrected chi connectivity index (χ1v) is 6.19. The summed E-state index contributed by atoms with van der Waals surface area (Å²) in [6.07, 6.45) is 3.72. The Kier molecular flexibility index (Phi) is 4.15. The number of hydrogen-bond donors (Lipinski definition) is 1. The third-order valence-corrected chi connectivity index (χ3v) is 3.26. The average Bonchev–Trinajstić information content (AvgIpc) is 2.42. The Hall–Kier alpha value is -1.62. The maximum absolute atomic E-state index is 12.1. The summed E-state index contributed by atoms with van der Waals surface area (Å²) >= 11 is 0. The van der Waals surface area contributed by atoms with Gasteiger partial charge in [-0.15, -0.1) is 0 Å². The summed E-state index contributed by atoms with van der Waals surface area (Å²) in [4.78, 5) is 18.1. The molecule has 1 fully saturated rings. The van der Waals surface area contributed by atoms with Crippen molar-refractivity contribution in [1.29, 1.82) is 0 Å². The Morgan fingerprint density at radius 2 is 2.39 bits per heavy atom. The molecular formula is C13H19N3O2. The number of pyridine rings is 1. The first-order valence-electron chi connectivity index (χ1n) is 6.19. The zero-order chi connectivity index (χ0) is 13.0. The van der Waals surface area contributed by atoms with Gasteiger partial charge in [-0.3, -0.25) is 4.79 Å². The van der Waals surface area contributed by atoms with Crippen LogP contribution in [-0.4, -0.2) is 42.5 Å². The van der Waals surface area contributed by atoms with Crippen molar-refractivity contribution >= 4 is 5.91 Å². The summed E-state index contributed by atoms with van der Waals surface area (Å²) in [5.41, 5.74) is 1.03. The first-order chi connectivity index (χ1) is 8.74. The lowest BCUT2D eigenvalue weighted by Crippen LogP contribution is -2.49. The lowest BCUT2D eigenvalue weighted by atomic mass is 10.0. The molecule has 2 rings (SSSR count). The molecule has 1 amide bonds. The van der Waals surface area contributed by atoms with E-state index in [0.29, 0.717) is 12.4 Å². The highest BCUT2D eigenvalue weighted by atomic mass is 16.5. The molecule has 1 aliphatic heterocycles. The highest BCUT2D eigenvalue weighted by Crippen LogP contribution is 2.15. The molecule has 98 valence electrons. The van der Waals surface area contributed by atoms with Gasteiger partial charge in [0.05, 0.1) is 13.2 Å². The second kappa shape index (κ2) is 5.82. The maximum Gasteiger partial charge on any atom is 0.239 e. The standard InChI is InChI=1S/C13H19N3O2/c1-14-11-4-3-7-16(13(11)17)9-10-5-6-12(18-2)15-8-10/h5-6,8,11,14H,3-4,7,9H2,1-2H3. The largest absolute Gasteiger partial charge is 0.481 e. The second-order valence-electron chi connectivity index (χ2n) is 4.45. The van der Waals surface area contributed by atoms with Crippen LogP contribution in [0, 0.1) is 0 Å². The number of hydrogen-bond acceptors (Lipinski definition) is 4. The van der Waals surface area contributed by atoms with Gasteiger partial charge in [-0.25, -0.2) is 4.98 Å². The van der Waals surface area contributed by atoms with E-state index in [-0.39, 0.29) is 11.9 Å². The zero-order valence-electron chi connectivity index (χ0n) is 10.8. The van der Waals surface area contributed by atoms with Gasteiger partial charge in [0.1, 0.15) is 0 Å². The molecular weight excluding hydrogens is 230 g/mol. The third-order valence-electron chi connectivity index (χ3n) is 3.26. The molecule has 0 spiro atoms. The maximum atomic E-state index is 12.1. The van der Waals surface area contributed by atoms with Crippen LogP contribution >= 0.6 is 0 Å². The van der Waals surface area contributed by atoms with Gasteiger partial charge in [-0.2, -0.15) is 0 Å². The molecule has 1 N–H and O–H groups in total. The van der Waals surface area contributed by atoms with Crippen molar-refractivity contribution in [1.82, 2.24) is 15.2 Å². The third kappa shape index (κ3) is 2.79. The Labute approximate surface area is 107 Å². The van der Waals surface area contributed by atoms with E-state index in [1.54, 1.807) is 13.3 Å². The van der Waals surface area contributed by atoms with Crippen LogP contribution < -0.4 is 10.1 Å². The van der Waals surface area contributed by atoms with Gasteiger partial charge in [0.2, 0.25) is 11.8 Å². The van der Waals surface area contributed by atoms with E-state index in [1.165, 1.54) is 0 Å². The number of methoxy groups -OCH3 is 1. The van der Waals surface area contributed by atoms with Crippen molar-refractivity contribution in [3.05, 3.63) is 23.9 Å². The lowest BCUT2D eigenvalue weighted by Gasteiger charge is -2.32. The van der Waals surface area contributed by atoms with Crippen molar-refractivity contribution in [2.75, 3.05) is 20.7 Å². The van der Waals surface area contributed by atoms with E-state index >= 15 is 0 Å². The van der Waals surface area contributed by atoms with E-state index in [2.05, 4.69) is 10.3 Å². The van der Waals surface area contributed by atoms with Gasteiger partial charge in [0.15, 0.2) is 0 Å². The van der Waals surface area contributed by atoms with Crippen LogP contribution in [0.15, 0.2) is 18.3 Å². The number of carbonyl (C=O) groups is 1. The fraction of sp³-hybridized carbons (Fsp3) is 0.538. The number of nitrogens with zero attached hydrogens (tertiary/aromatic N) is 2. The predicted molar refractivity (Wildman–Crippen MR) is 68.3 cm³/mol. The molecule has 0 bridgehead atoms. The van der Waals surface area contributed by atoms with Crippen LogP contribution in [0.2, 0.25) is 0 Å². The van der Waals surface area contributed by atoms with Gasteiger partial charge in [0.25, 0.3) is 0 Å².